The first-order chi connectivity index (χ1) is 16.2. The third kappa shape index (κ3) is 4.48. The Bertz CT molecular complexity index is 1160. The molecule has 0 N–H and O–H groups in total. The Labute approximate surface area is 191 Å². The van der Waals surface area contributed by atoms with E-state index < -0.39 is 30.3 Å². The Hall–Kier alpha value is -3.09. The van der Waals surface area contributed by atoms with Crippen LogP contribution < -0.4 is 9.80 Å². The van der Waals surface area contributed by atoms with Gasteiger partial charge in [0.25, 0.3) is 6.43 Å². The van der Waals surface area contributed by atoms with E-state index in [0.29, 0.717) is 68.3 Å². The Balaban J connectivity index is 1.30. The zero-order valence-electron chi connectivity index (χ0n) is 18.0. The molecule has 5 rings (SSSR count). The maximum Gasteiger partial charge on any atom is 0.417 e. The summed E-state index contributed by atoms with van der Waals surface area (Å²) < 4.78 is 72.2. The average molecular weight is 483 g/mol. The summed E-state index contributed by atoms with van der Waals surface area (Å²) >= 11 is 0. The first-order valence-electron chi connectivity index (χ1n) is 10.9. The second-order valence-corrected chi connectivity index (χ2v) is 8.52. The van der Waals surface area contributed by atoms with Crippen LogP contribution in [-0.4, -0.2) is 69.5 Å². The van der Waals surface area contributed by atoms with E-state index in [-0.39, 0.29) is 0 Å². The topological polar surface area (TPSA) is 72.2 Å². The van der Waals surface area contributed by atoms with Gasteiger partial charge in [-0.25, -0.2) is 23.4 Å². The molecule has 0 aromatic carbocycles. The lowest BCUT2D eigenvalue weighted by atomic mass is 9.89. The average Bonchev–Trinajstić information content (AvgIpc) is 3.20. The Morgan fingerprint density at radius 3 is 2.56 bits per heavy atom. The van der Waals surface area contributed by atoms with Gasteiger partial charge in [0.1, 0.15) is 17.9 Å². The number of aromatic nitrogens is 5. The van der Waals surface area contributed by atoms with Crippen molar-refractivity contribution in [2.24, 2.45) is 0 Å². The number of anilines is 2. The normalized spacial score (nSPS) is 18.9. The molecule has 1 spiro atoms. The summed E-state index contributed by atoms with van der Waals surface area (Å²) in [6.07, 6.45) is -0.515. The van der Waals surface area contributed by atoms with Gasteiger partial charge in [-0.05, 0) is 18.9 Å². The standard InChI is InChI=1S/C21H22F5N7O/c22-17(23)12-33-19-16(10-29-33)28-11-18(30-19)32-5-6-34-20(13-32)1-3-31(4-2-20)15-7-14(8-27-9-15)21(24,25)26/h7-11,17H,1-6,12-13H2. The smallest absolute Gasteiger partial charge is 0.371 e. The summed E-state index contributed by atoms with van der Waals surface area (Å²) in [5.74, 6) is 0.552. The van der Waals surface area contributed by atoms with Crippen molar-refractivity contribution in [3.05, 3.63) is 36.4 Å². The van der Waals surface area contributed by atoms with Gasteiger partial charge in [0.15, 0.2) is 5.65 Å². The number of hydrogen-bond acceptors (Lipinski definition) is 7. The highest BCUT2D eigenvalue weighted by Crippen LogP contribution is 2.35. The highest BCUT2D eigenvalue weighted by atomic mass is 19.4. The SMILES string of the molecule is FC(F)Cn1ncc2ncc(N3CCOC4(CCN(c5cncc(C(F)(F)F)c5)CC4)C3)nc21. The van der Waals surface area contributed by atoms with Gasteiger partial charge in [-0.2, -0.15) is 18.3 Å². The minimum atomic E-state index is -4.44. The maximum absolute atomic E-state index is 13.1. The van der Waals surface area contributed by atoms with Crippen LogP contribution >= 0.6 is 0 Å². The first-order valence-corrected chi connectivity index (χ1v) is 10.9. The number of piperidine rings is 1. The highest BCUT2D eigenvalue weighted by molar-refractivity contribution is 5.71. The van der Waals surface area contributed by atoms with Crippen molar-refractivity contribution in [2.75, 3.05) is 42.6 Å². The highest BCUT2D eigenvalue weighted by Gasteiger charge is 2.41. The van der Waals surface area contributed by atoms with Crippen molar-refractivity contribution < 1.29 is 26.7 Å². The fourth-order valence-electron chi connectivity index (χ4n) is 4.53. The van der Waals surface area contributed by atoms with Crippen molar-refractivity contribution in [3.8, 4) is 0 Å². The molecule has 2 aliphatic heterocycles. The van der Waals surface area contributed by atoms with Crippen LogP contribution in [0, 0.1) is 0 Å². The van der Waals surface area contributed by atoms with Crippen LogP contribution in [0.5, 0.6) is 0 Å². The lowest BCUT2D eigenvalue weighted by molar-refractivity contribution is -0.137. The van der Waals surface area contributed by atoms with E-state index in [1.54, 1.807) is 6.20 Å². The number of nitrogens with zero attached hydrogens (tertiary/aromatic N) is 7. The van der Waals surface area contributed by atoms with Gasteiger partial charge in [0.05, 0.1) is 42.0 Å². The summed E-state index contributed by atoms with van der Waals surface area (Å²) in [6.45, 7) is 2.00. The molecule has 2 aliphatic rings. The van der Waals surface area contributed by atoms with Crippen LogP contribution in [-0.2, 0) is 17.5 Å². The summed E-state index contributed by atoms with van der Waals surface area (Å²) in [7, 11) is 0. The molecule has 0 atom stereocenters. The number of fused-ring (bicyclic) bond motifs is 1. The molecule has 34 heavy (non-hydrogen) atoms. The molecule has 8 nitrogen and oxygen atoms in total. The minimum absolute atomic E-state index is 0.296. The van der Waals surface area contributed by atoms with Crippen LogP contribution in [0.1, 0.15) is 18.4 Å². The number of rotatable bonds is 4. The third-order valence-electron chi connectivity index (χ3n) is 6.31. The van der Waals surface area contributed by atoms with Gasteiger partial charge in [0, 0.05) is 32.4 Å². The number of morpholine rings is 1. The predicted molar refractivity (Wildman–Crippen MR) is 113 cm³/mol. The lowest BCUT2D eigenvalue weighted by Gasteiger charge is -2.48. The van der Waals surface area contributed by atoms with E-state index in [4.69, 9.17) is 4.74 Å². The second-order valence-electron chi connectivity index (χ2n) is 8.52. The van der Waals surface area contributed by atoms with E-state index in [9.17, 15) is 22.0 Å². The molecule has 2 fully saturated rings. The molecule has 13 heteroatoms. The Morgan fingerprint density at radius 1 is 1.03 bits per heavy atom. The molecule has 3 aromatic heterocycles. The van der Waals surface area contributed by atoms with Crippen LogP contribution in [0.3, 0.4) is 0 Å². The number of halogens is 5. The van der Waals surface area contributed by atoms with Gasteiger partial charge in [-0.1, -0.05) is 0 Å². The van der Waals surface area contributed by atoms with E-state index in [1.165, 1.54) is 12.4 Å². The molecule has 182 valence electrons. The summed E-state index contributed by atoms with van der Waals surface area (Å²) in [5, 5.41) is 3.95. The molecule has 0 bridgehead atoms. The molecule has 3 aromatic rings. The van der Waals surface area contributed by atoms with Gasteiger partial charge < -0.3 is 14.5 Å². The summed E-state index contributed by atoms with van der Waals surface area (Å²) in [5.41, 5.74) is -0.0871. The van der Waals surface area contributed by atoms with Crippen LogP contribution in [0.2, 0.25) is 0 Å². The molecule has 0 unspecified atom stereocenters. The molecule has 0 saturated carbocycles. The van der Waals surface area contributed by atoms with Crippen molar-refractivity contribution in [2.45, 2.75) is 37.6 Å². The zero-order chi connectivity index (χ0) is 23.9. The van der Waals surface area contributed by atoms with Crippen LogP contribution in [0.25, 0.3) is 11.2 Å². The number of hydrogen-bond donors (Lipinski definition) is 0. The predicted octanol–water partition coefficient (Wildman–Crippen LogP) is 3.38. The lowest BCUT2D eigenvalue weighted by Crippen LogP contribution is -2.57. The van der Waals surface area contributed by atoms with Crippen molar-refractivity contribution >= 4 is 22.7 Å². The number of pyridine rings is 1. The molecule has 5 heterocycles. The second kappa shape index (κ2) is 8.60. The third-order valence-corrected chi connectivity index (χ3v) is 6.31. The summed E-state index contributed by atoms with van der Waals surface area (Å²) in [6, 6.07) is 1.12. The fraction of sp³-hybridized carbons (Fsp3) is 0.524. The minimum Gasteiger partial charge on any atom is -0.371 e. The molecule has 0 amide bonds. The van der Waals surface area contributed by atoms with Crippen molar-refractivity contribution in [3.63, 3.8) is 0 Å². The number of alkyl halides is 5. The zero-order valence-corrected chi connectivity index (χ0v) is 18.0. The van der Waals surface area contributed by atoms with Gasteiger partial charge in [-0.3, -0.25) is 4.98 Å². The van der Waals surface area contributed by atoms with Gasteiger partial charge in [0.2, 0.25) is 0 Å². The van der Waals surface area contributed by atoms with E-state index in [0.717, 1.165) is 16.9 Å². The van der Waals surface area contributed by atoms with E-state index in [2.05, 4.69) is 20.1 Å². The molecular formula is C21H22F5N7O. The van der Waals surface area contributed by atoms with Crippen LogP contribution in [0.4, 0.5) is 33.5 Å². The molecule has 0 radical (unpaired) electrons. The van der Waals surface area contributed by atoms with Gasteiger partial charge in [-0.15, -0.1) is 0 Å². The maximum atomic E-state index is 13.1. The molecular weight excluding hydrogens is 461 g/mol. The molecule has 0 aliphatic carbocycles. The molecule has 2 saturated heterocycles. The van der Waals surface area contributed by atoms with Gasteiger partial charge >= 0.3 is 6.18 Å². The van der Waals surface area contributed by atoms with Crippen molar-refractivity contribution in [1.29, 1.82) is 0 Å². The fourth-order valence-corrected chi connectivity index (χ4v) is 4.53. The first kappa shape index (κ1) is 22.7. The number of ether oxygens (including phenoxy) is 1. The van der Waals surface area contributed by atoms with E-state index >= 15 is 0 Å². The van der Waals surface area contributed by atoms with Crippen molar-refractivity contribution in [1.82, 2.24) is 24.7 Å². The van der Waals surface area contributed by atoms with Crippen LogP contribution in [0.15, 0.2) is 30.9 Å². The quantitative estimate of drug-likeness (QED) is 0.527. The van der Waals surface area contributed by atoms with E-state index in [1.807, 2.05) is 9.80 Å². The Morgan fingerprint density at radius 2 is 1.82 bits per heavy atom. The Kier molecular flexibility index (Phi) is 5.74. The largest absolute Gasteiger partial charge is 0.417 e. The summed E-state index contributed by atoms with van der Waals surface area (Å²) in [4.78, 5) is 16.5. The monoisotopic (exact) mass is 483 g/mol.